The van der Waals surface area contributed by atoms with Gasteiger partial charge in [-0.3, -0.25) is 9.59 Å². The van der Waals surface area contributed by atoms with Gasteiger partial charge in [-0.05, 0) is 45.1 Å². The van der Waals surface area contributed by atoms with Crippen LogP contribution in [-0.2, 0) is 14.9 Å². The summed E-state index contributed by atoms with van der Waals surface area (Å²) in [5.74, 6) is -0.130. The molecule has 0 radical (unpaired) electrons. The van der Waals surface area contributed by atoms with Gasteiger partial charge < -0.3 is 10.1 Å². The Morgan fingerprint density at radius 1 is 1.23 bits per heavy atom. The van der Waals surface area contributed by atoms with Crippen LogP contribution in [0.4, 0.5) is 0 Å². The highest BCUT2D eigenvalue weighted by molar-refractivity contribution is 9.08. The van der Waals surface area contributed by atoms with E-state index < -0.39 is 0 Å². The van der Waals surface area contributed by atoms with Crippen molar-refractivity contribution in [2.75, 3.05) is 7.11 Å². The van der Waals surface area contributed by atoms with Crippen LogP contribution in [0.25, 0.3) is 0 Å². The first-order valence-electron chi connectivity index (χ1n) is 7.51. The molecule has 1 heterocycles. The van der Waals surface area contributed by atoms with Gasteiger partial charge in [0.25, 0.3) is 5.91 Å². The van der Waals surface area contributed by atoms with Crippen LogP contribution >= 0.6 is 27.3 Å². The first-order chi connectivity index (χ1) is 10.5. The SMILES string of the molecule is COC(=O)C1CCC(NC(=O)c2c(C)sc(C)c2CBr)CC1. The summed E-state index contributed by atoms with van der Waals surface area (Å²) in [4.78, 5) is 26.4. The maximum atomic E-state index is 12.6. The smallest absolute Gasteiger partial charge is 0.308 e. The third-order valence-electron chi connectivity index (χ3n) is 4.34. The average Bonchev–Trinajstić information content (AvgIpc) is 2.80. The van der Waals surface area contributed by atoms with Gasteiger partial charge in [-0.25, -0.2) is 0 Å². The predicted molar refractivity (Wildman–Crippen MR) is 91.7 cm³/mol. The summed E-state index contributed by atoms with van der Waals surface area (Å²) >= 11 is 5.14. The summed E-state index contributed by atoms with van der Waals surface area (Å²) in [6.45, 7) is 4.04. The fraction of sp³-hybridized carbons (Fsp3) is 0.625. The van der Waals surface area contributed by atoms with Crippen LogP contribution in [0.5, 0.6) is 0 Å². The summed E-state index contributed by atoms with van der Waals surface area (Å²) in [7, 11) is 1.43. The number of amides is 1. The van der Waals surface area contributed by atoms with Crippen molar-refractivity contribution in [3.05, 3.63) is 20.9 Å². The van der Waals surface area contributed by atoms with Gasteiger partial charge in [0.05, 0.1) is 18.6 Å². The summed E-state index contributed by atoms with van der Waals surface area (Å²) < 4.78 is 4.79. The Bertz CT molecular complexity index is 562. The molecule has 1 aromatic rings. The van der Waals surface area contributed by atoms with E-state index in [2.05, 4.69) is 21.2 Å². The number of nitrogens with one attached hydrogen (secondary N) is 1. The van der Waals surface area contributed by atoms with Crippen molar-refractivity contribution in [2.24, 2.45) is 5.92 Å². The summed E-state index contributed by atoms with van der Waals surface area (Å²) in [6.07, 6.45) is 3.23. The number of methoxy groups -OCH3 is 1. The molecule has 1 amide bonds. The third-order valence-corrected chi connectivity index (χ3v) is 5.97. The molecule has 0 atom stereocenters. The molecule has 4 nitrogen and oxygen atoms in total. The number of esters is 1. The Morgan fingerprint density at radius 3 is 2.41 bits per heavy atom. The Balaban J connectivity index is 1.98. The van der Waals surface area contributed by atoms with Gasteiger partial charge in [-0.2, -0.15) is 0 Å². The number of carbonyl (C=O) groups is 2. The van der Waals surface area contributed by atoms with Crippen LogP contribution < -0.4 is 5.32 Å². The molecular formula is C16H22BrNO3S. The minimum absolute atomic E-state index is 0.0119. The van der Waals surface area contributed by atoms with Gasteiger partial charge >= 0.3 is 5.97 Å². The van der Waals surface area contributed by atoms with Crippen molar-refractivity contribution in [2.45, 2.75) is 50.9 Å². The number of hydrogen-bond acceptors (Lipinski definition) is 4. The lowest BCUT2D eigenvalue weighted by molar-refractivity contribution is -0.146. The van der Waals surface area contributed by atoms with Gasteiger partial charge in [-0.1, -0.05) is 15.9 Å². The lowest BCUT2D eigenvalue weighted by atomic mass is 9.86. The molecule has 1 aliphatic carbocycles. The van der Waals surface area contributed by atoms with E-state index in [1.807, 2.05) is 13.8 Å². The maximum Gasteiger partial charge on any atom is 0.308 e. The van der Waals surface area contributed by atoms with E-state index >= 15 is 0 Å². The molecule has 122 valence electrons. The number of rotatable bonds is 4. The molecule has 0 unspecified atom stereocenters. The Labute approximate surface area is 143 Å². The molecular weight excluding hydrogens is 366 g/mol. The molecule has 1 aromatic heterocycles. The maximum absolute atomic E-state index is 12.6. The first-order valence-corrected chi connectivity index (χ1v) is 9.45. The largest absolute Gasteiger partial charge is 0.469 e. The average molecular weight is 388 g/mol. The van der Waals surface area contributed by atoms with Crippen molar-refractivity contribution >= 4 is 39.1 Å². The van der Waals surface area contributed by atoms with E-state index in [0.717, 1.165) is 41.7 Å². The third kappa shape index (κ3) is 3.71. The quantitative estimate of drug-likeness (QED) is 0.632. The zero-order chi connectivity index (χ0) is 16.3. The lowest BCUT2D eigenvalue weighted by Gasteiger charge is -2.27. The van der Waals surface area contributed by atoms with Crippen molar-refractivity contribution in [1.82, 2.24) is 5.32 Å². The number of halogens is 1. The molecule has 2 rings (SSSR count). The predicted octanol–water partition coefficient (Wildman–Crippen LogP) is 3.72. The van der Waals surface area contributed by atoms with Crippen molar-refractivity contribution in [3.63, 3.8) is 0 Å². The fourth-order valence-electron chi connectivity index (χ4n) is 3.09. The van der Waals surface area contributed by atoms with E-state index in [-0.39, 0.29) is 23.8 Å². The molecule has 1 saturated carbocycles. The first kappa shape index (κ1) is 17.5. The highest BCUT2D eigenvalue weighted by atomic mass is 79.9. The summed E-state index contributed by atoms with van der Waals surface area (Å²) in [5.41, 5.74) is 1.90. The van der Waals surface area contributed by atoms with E-state index in [9.17, 15) is 9.59 Å². The number of carbonyl (C=O) groups excluding carboxylic acids is 2. The highest BCUT2D eigenvalue weighted by Gasteiger charge is 2.29. The highest BCUT2D eigenvalue weighted by Crippen LogP contribution is 2.30. The Kier molecular flexibility index (Phi) is 6.03. The normalized spacial score (nSPS) is 21.5. The molecule has 1 fully saturated rings. The molecule has 0 bridgehead atoms. The molecule has 6 heteroatoms. The molecule has 0 aliphatic heterocycles. The molecule has 1 N–H and O–H groups in total. The van der Waals surface area contributed by atoms with Crippen molar-refractivity contribution < 1.29 is 14.3 Å². The minimum atomic E-state index is -0.129. The number of ether oxygens (including phenoxy) is 1. The fourth-order valence-corrected chi connectivity index (χ4v) is 5.05. The standard InChI is InChI=1S/C16H22BrNO3S/c1-9-13(8-17)14(10(2)22-9)15(19)18-12-6-4-11(5-7-12)16(20)21-3/h11-12H,4-8H2,1-3H3,(H,18,19). The Morgan fingerprint density at radius 2 is 1.86 bits per heavy atom. The summed E-state index contributed by atoms with van der Waals surface area (Å²) in [6, 6.07) is 0.149. The monoisotopic (exact) mass is 387 g/mol. The van der Waals surface area contributed by atoms with Crippen LogP contribution in [0.3, 0.4) is 0 Å². The molecule has 22 heavy (non-hydrogen) atoms. The molecule has 0 saturated heterocycles. The van der Waals surface area contributed by atoms with Gasteiger partial charge in [0.1, 0.15) is 0 Å². The van der Waals surface area contributed by atoms with Crippen LogP contribution in [0, 0.1) is 19.8 Å². The van der Waals surface area contributed by atoms with E-state index in [0.29, 0.717) is 5.33 Å². The van der Waals surface area contributed by atoms with Gasteiger partial charge in [-0.15, -0.1) is 11.3 Å². The van der Waals surface area contributed by atoms with Crippen molar-refractivity contribution in [3.8, 4) is 0 Å². The minimum Gasteiger partial charge on any atom is -0.469 e. The van der Waals surface area contributed by atoms with Crippen molar-refractivity contribution in [1.29, 1.82) is 0 Å². The Hall–Kier alpha value is -0.880. The number of hydrogen-bond donors (Lipinski definition) is 1. The van der Waals surface area contributed by atoms with Gasteiger partial charge in [0.2, 0.25) is 0 Å². The summed E-state index contributed by atoms with van der Waals surface area (Å²) in [5, 5.41) is 3.83. The second kappa shape index (κ2) is 7.59. The van der Waals surface area contributed by atoms with Crippen LogP contribution in [0.2, 0.25) is 0 Å². The molecule has 1 aliphatic rings. The molecule has 0 aromatic carbocycles. The van der Waals surface area contributed by atoms with Crippen LogP contribution in [-0.4, -0.2) is 25.0 Å². The van der Waals surface area contributed by atoms with Crippen LogP contribution in [0.15, 0.2) is 0 Å². The number of aryl methyl sites for hydroxylation is 2. The van der Waals surface area contributed by atoms with Gasteiger partial charge in [0, 0.05) is 21.1 Å². The number of alkyl halides is 1. The second-order valence-electron chi connectivity index (χ2n) is 5.75. The van der Waals surface area contributed by atoms with E-state index in [1.165, 1.54) is 12.0 Å². The zero-order valence-corrected chi connectivity index (χ0v) is 15.6. The zero-order valence-electron chi connectivity index (χ0n) is 13.2. The van der Waals surface area contributed by atoms with E-state index in [1.54, 1.807) is 11.3 Å². The molecule has 0 spiro atoms. The topological polar surface area (TPSA) is 55.4 Å². The lowest BCUT2D eigenvalue weighted by Crippen LogP contribution is -2.39. The van der Waals surface area contributed by atoms with Gasteiger partial charge in [0.15, 0.2) is 0 Å². The van der Waals surface area contributed by atoms with Crippen LogP contribution in [0.1, 0.15) is 51.4 Å². The van der Waals surface area contributed by atoms with E-state index in [4.69, 9.17) is 4.74 Å². The number of thiophene rings is 1. The second-order valence-corrected chi connectivity index (χ2v) is 7.74.